The van der Waals surface area contributed by atoms with Crippen molar-refractivity contribution in [2.45, 2.75) is 45.6 Å². The van der Waals surface area contributed by atoms with Gasteiger partial charge in [0.25, 0.3) is 0 Å². The number of hydrogen-bond acceptors (Lipinski definition) is 2. The van der Waals surface area contributed by atoms with Gasteiger partial charge in [-0.2, -0.15) is 0 Å². The third-order valence-electron chi connectivity index (χ3n) is 4.74. The van der Waals surface area contributed by atoms with Crippen LogP contribution in [0.4, 0.5) is 4.79 Å². The van der Waals surface area contributed by atoms with Crippen molar-refractivity contribution in [3.8, 4) is 0 Å². The van der Waals surface area contributed by atoms with E-state index in [0.717, 1.165) is 29.9 Å². The molecule has 4 heteroatoms. The van der Waals surface area contributed by atoms with Gasteiger partial charge in [0.2, 0.25) is 0 Å². The largest absolute Gasteiger partial charge is 0.466 e. The lowest BCUT2D eigenvalue weighted by molar-refractivity contribution is 0.239. The Kier molecular flexibility index (Phi) is 4.16. The monoisotopic (exact) mass is 312 g/mol. The van der Waals surface area contributed by atoms with Gasteiger partial charge in [0, 0.05) is 24.1 Å². The third-order valence-corrected chi connectivity index (χ3v) is 4.74. The zero-order valence-corrected chi connectivity index (χ0v) is 14.0. The Balaban J connectivity index is 1.53. The van der Waals surface area contributed by atoms with E-state index in [1.807, 2.05) is 19.9 Å². The Morgan fingerprint density at radius 1 is 1.17 bits per heavy atom. The van der Waals surface area contributed by atoms with E-state index in [2.05, 4.69) is 41.8 Å². The van der Waals surface area contributed by atoms with Gasteiger partial charge in [0.15, 0.2) is 0 Å². The SMILES string of the molecule is Cc1cc(CNC(=O)NCC2(c3ccccc3C)CC2)c(C)o1. The van der Waals surface area contributed by atoms with Crippen LogP contribution in [-0.4, -0.2) is 12.6 Å². The fraction of sp³-hybridized carbons (Fsp3) is 0.421. The second-order valence-corrected chi connectivity index (χ2v) is 6.57. The molecule has 0 saturated heterocycles. The van der Waals surface area contributed by atoms with Crippen LogP contribution in [0.15, 0.2) is 34.7 Å². The van der Waals surface area contributed by atoms with Crippen LogP contribution >= 0.6 is 0 Å². The van der Waals surface area contributed by atoms with E-state index < -0.39 is 0 Å². The maximum absolute atomic E-state index is 12.1. The van der Waals surface area contributed by atoms with Crippen molar-refractivity contribution in [2.75, 3.05) is 6.54 Å². The molecule has 1 aromatic heterocycles. The van der Waals surface area contributed by atoms with Crippen molar-refractivity contribution in [1.29, 1.82) is 0 Å². The van der Waals surface area contributed by atoms with Crippen LogP contribution in [0.1, 0.15) is 41.1 Å². The molecule has 0 spiro atoms. The molecule has 1 aliphatic carbocycles. The summed E-state index contributed by atoms with van der Waals surface area (Å²) in [6.07, 6.45) is 2.27. The number of benzene rings is 1. The van der Waals surface area contributed by atoms with Crippen LogP contribution in [0.25, 0.3) is 0 Å². The molecule has 1 aromatic carbocycles. The molecule has 4 nitrogen and oxygen atoms in total. The number of furan rings is 1. The van der Waals surface area contributed by atoms with Gasteiger partial charge in [-0.05, 0) is 50.8 Å². The Morgan fingerprint density at radius 3 is 2.52 bits per heavy atom. The highest BCUT2D eigenvalue weighted by Crippen LogP contribution is 2.48. The average molecular weight is 312 g/mol. The first kappa shape index (κ1) is 15.7. The Hall–Kier alpha value is -2.23. The highest BCUT2D eigenvalue weighted by molar-refractivity contribution is 5.74. The van der Waals surface area contributed by atoms with E-state index in [4.69, 9.17) is 4.42 Å². The van der Waals surface area contributed by atoms with E-state index in [-0.39, 0.29) is 11.4 Å². The van der Waals surface area contributed by atoms with Crippen molar-refractivity contribution in [3.05, 3.63) is 58.5 Å². The highest BCUT2D eigenvalue weighted by Gasteiger charge is 2.45. The fourth-order valence-corrected chi connectivity index (χ4v) is 3.21. The van der Waals surface area contributed by atoms with Gasteiger partial charge < -0.3 is 15.1 Å². The van der Waals surface area contributed by atoms with Crippen LogP contribution in [0.5, 0.6) is 0 Å². The van der Waals surface area contributed by atoms with Gasteiger partial charge in [-0.15, -0.1) is 0 Å². The molecule has 2 N–H and O–H groups in total. The molecule has 1 aliphatic rings. The quantitative estimate of drug-likeness (QED) is 0.883. The van der Waals surface area contributed by atoms with E-state index in [0.29, 0.717) is 13.1 Å². The molecule has 1 saturated carbocycles. The molecule has 1 fully saturated rings. The molecule has 23 heavy (non-hydrogen) atoms. The minimum Gasteiger partial charge on any atom is -0.466 e. The molecule has 2 aromatic rings. The van der Waals surface area contributed by atoms with Gasteiger partial charge in [-0.3, -0.25) is 0 Å². The molecule has 0 radical (unpaired) electrons. The van der Waals surface area contributed by atoms with Crippen LogP contribution < -0.4 is 10.6 Å². The van der Waals surface area contributed by atoms with Crippen LogP contribution in [0, 0.1) is 20.8 Å². The van der Waals surface area contributed by atoms with Crippen LogP contribution in [0.3, 0.4) is 0 Å². The zero-order valence-electron chi connectivity index (χ0n) is 14.0. The summed E-state index contributed by atoms with van der Waals surface area (Å²) in [5, 5.41) is 5.94. The first-order valence-corrected chi connectivity index (χ1v) is 8.14. The predicted octanol–water partition coefficient (Wildman–Crippen LogP) is 3.74. The summed E-state index contributed by atoms with van der Waals surface area (Å²) in [5.41, 5.74) is 3.82. The molecule has 122 valence electrons. The molecular weight excluding hydrogens is 288 g/mol. The number of amides is 2. The topological polar surface area (TPSA) is 54.3 Å². The van der Waals surface area contributed by atoms with E-state index >= 15 is 0 Å². The molecule has 0 aliphatic heterocycles. The second-order valence-electron chi connectivity index (χ2n) is 6.57. The molecule has 2 amide bonds. The summed E-state index contributed by atoms with van der Waals surface area (Å²) < 4.78 is 5.47. The summed E-state index contributed by atoms with van der Waals surface area (Å²) in [7, 11) is 0. The summed E-state index contributed by atoms with van der Waals surface area (Å²) in [6.45, 7) is 7.15. The number of rotatable bonds is 5. The first-order chi connectivity index (χ1) is 11.0. The van der Waals surface area contributed by atoms with Gasteiger partial charge in [-0.1, -0.05) is 24.3 Å². The highest BCUT2D eigenvalue weighted by atomic mass is 16.3. The standard InChI is InChI=1S/C19H24N2O2/c1-13-6-4-5-7-17(13)19(8-9-19)12-21-18(22)20-11-16-10-14(2)23-15(16)3/h4-7,10H,8-9,11-12H2,1-3H3,(H2,20,21,22). The van der Waals surface area contributed by atoms with Gasteiger partial charge >= 0.3 is 6.03 Å². The van der Waals surface area contributed by atoms with Crippen molar-refractivity contribution in [2.24, 2.45) is 0 Å². The number of hydrogen-bond donors (Lipinski definition) is 2. The number of carbonyl (C=O) groups excluding carboxylic acids is 1. The van der Waals surface area contributed by atoms with Crippen molar-refractivity contribution >= 4 is 6.03 Å². The van der Waals surface area contributed by atoms with E-state index in [1.165, 1.54) is 11.1 Å². The maximum atomic E-state index is 12.1. The summed E-state index contributed by atoms with van der Waals surface area (Å²) in [5.74, 6) is 1.73. The number of urea groups is 1. The van der Waals surface area contributed by atoms with E-state index in [1.54, 1.807) is 0 Å². The summed E-state index contributed by atoms with van der Waals surface area (Å²) >= 11 is 0. The van der Waals surface area contributed by atoms with Crippen molar-refractivity contribution in [3.63, 3.8) is 0 Å². The molecule has 0 unspecified atom stereocenters. The van der Waals surface area contributed by atoms with Crippen LogP contribution in [-0.2, 0) is 12.0 Å². The predicted molar refractivity (Wildman–Crippen MR) is 90.5 cm³/mol. The molecule has 0 atom stereocenters. The Morgan fingerprint density at radius 2 is 1.91 bits per heavy atom. The van der Waals surface area contributed by atoms with Crippen molar-refractivity contribution in [1.82, 2.24) is 10.6 Å². The molecular formula is C19H24N2O2. The minimum atomic E-state index is -0.122. The first-order valence-electron chi connectivity index (χ1n) is 8.14. The molecule has 1 heterocycles. The lowest BCUT2D eigenvalue weighted by Crippen LogP contribution is -2.39. The summed E-state index contributed by atoms with van der Waals surface area (Å²) in [4.78, 5) is 12.1. The molecule has 3 rings (SSSR count). The van der Waals surface area contributed by atoms with Crippen molar-refractivity contribution < 1.29 is 9.21 Å². The summed E-state index contributed by atoms with van der Waals surface area (Å²) in [6, 6.07) is 10.3. The smallest absolute Gasteiger partial charge is 0.315 e. The minimum absolute atomic E-state index is 0.122. The van der Waals surface area contributed by atoms with Gasteiger partial charge in [-0.25, -0.2) is 4.79 Å². The van der Waals surface area contributed by atoms with Crippen LogP contribution in [0.2, 0.25) is 0 Å². The fourth-order valence-electron chi connectivity index (χ4n) is 3.21. The Labute approximate surface area is 137 Å². The van der Waals surface area contributed by atoms with Gasteiger partial charge in [0.1, 0.15) is 11.5 Å². The lowest BCUT2D eigenvalue weighted by atomic mass is 9.92. The lowest BCUT2D eigenvalue weighted by Gasteiger charge is -2.19. The van der Waals surface area contributed by atoms with E-state index in [9.17, 15) is 4.79 Å². The number of carbonyl (C=O) groups is 1. The average Bonchev–Trinajstić information content (AvgIpc) is 3.23. The van der Waals surface area contributed by atoms with Gasteiger partial charge in [0.05, 0.1) is 0 Å². The maximum Gasteiger partial charge on any atom is 0.315 e. The zero-order chi connectivity index (χ0) is 16.4. The number of nitrogens with one attached hydrogen (secondary N) is 2. The third kappa shape index (κ3) is 3.41. The Bertz CT molecular complexity index is 714. The second kappa shape index (κ2) is 6.11. The molecule has 0 bridgehead atoms. The normalized spacial score (nSPS) is 15.3. The number of aryl methyl sites for hydroxylation is 3.